The fourth-order valence-corrected chi connectivity index (χ4v) is 2.03. The molecule has 0 bridgehead atoms. The second-order valence-electron chi connectivity index (χ2n) is 3.66. The first-order chi connectivity index (χ1) is 8.25. The minimum atomic E-state index is 0.776. The van der Waals surface area contributed by atoms with Crippen LogP contribution in [0.1, 0.15) is 5.56 Å². The fraction of sp³-hybridized carbons (Fsp3) is 0.154. The van der Waals surface area contributed by atoms with E-state index in [0.717, 1.165) is 28.1 Å². The lowest BCUT2D eigenvalue weighted by atomic mass is 10.1. The van der Waals surface area contributed by atoms with Gasteiger partial charge in [-0.3, -0.25) is 4.98 Å². The number of benzene rings is 1. The number of nitrogens with one attached hydrogen (secondary N) is 1. The zero-order valence-electron chi connectivity index (χ0n) is 9.16. The molecule has 0 amide bonds. The zero-order valence-corrected chi connectivity index (χ0v) is 11.5. The molecule has 0 aliphatic carbocycles. The van der Waals surface area contributed by atoms with E-state index in [1.807, 2.05) is 30.3 Å². The lowest BCUT2D eigenvalue weighted by Crippen LogP contribution is -2.05. The summed E-state index contributed by atoms with van der Waals surface area (Å²) in [4.78, 5) is 4.02. The molecule has 0 aliphatic heterocycles. The van der Waals surface area contributed by atoms with Gasteiger partial charge in [-0.2, -0.15) is 0 Å². The quantitative estimate of drug-likeness (QED) is 0.917. The van der Waals surface area contributed by atoms with Crippen molar-refractivity contribution in [2.45, 2.75) is 6.42 Å². The summed E-state index contributed by atoms with van der Waals surface area (Å²) in [6.45, 7) is 0.879. The summed E-state index contributed by atoms with van der Waals surface area (Å²) in [5.41, 5.74) is 2.33. The molecule has 2 rings (SSSR count). The lowest BCUT2D eigenvalue weighted by molar-refractivity contribution is 1.02. The highest BCUT2D eigenvalue weighted by Crippen LogP contribution is 2.19. The van der Waals surface area contributed by atoms with Crippen molar-refractivity contribution in [1.29, 1.82) is 0 Å². The molecule has 0 fully saturated rings. The third-order valence-electron chi connectivity index (χ3n) is 2.41. The van der Waals surface area contributed by atoms with E-state index in [1.54, 1.807) is 12.4 Å². The molecule has 1 aromatic carbocycles. The molecule has 0 radical (unpaired) electrons. The van der Waals surface area contributed by atoms with Gasteiger partial charge in [-0.05, 0) is 46.1 Å². The van der Waals surface area contributed by atoms with Gasteiger partial charge in [-0.1, -0.05) is 23.7 Å². The second kappa shape index (κ2) is 6.03. The molecular formula is C13H12BrClN2. The molecule has 88 valence electrons. The summed E-state index contributed by atoms with van der Waals surface area (Å²) in [6.07, 6.45) is 4.52. The van der Waals surface area contributed by atoms with Crippen LogP contribution in [-0.4, -0.2) is 11.5 Å². The predicted molar refractivity (Wildman–Crippen MR) is 75.6 cm³/mol. The minimum absolute atomic E-state index is 0.776. The number of rotatable bonds is 4. The van der Waals surface area contributed by atoms with Gasteiger partial charge < -0.3 is 5.32 Å². The number of hydrogen-bond donors (Lipinski definition) is 1. The van der Waals surface area contributed by atoms with Gasteiger partial charge in [0.25, 0.3) is 0 Å². The largest absolute Gasteiger partial charge is 0.384 e. The first-order valence-corrected chi connectivity index (χ1v) is 6.50. The lowest BCUT2D eigenvalue weighted by Gasteiger charge is -2.07. The molecule has 0 saturated heterocycles. The standard InChI is InChI=1S/C13H12BrClN2/c14-12-9-16-7-6-13(12)17-8-5-10-1-3-11(15)4-2-10/h1-4,6-7,9H,5,8H2,(H,16,17). The van der Waals surface area contributed by atoms with Gasteiger partial charge >= 0.3 is 0 Å². The van der Waals surface area contributed by atoms with Gasteiger partial charge in [-0.15, -0.1) is 0 Å². The molecular weight excluding hydrogens is 300 g/mol. The van der Waals surface area contributed by atoms with Crippen LogP contribution in [0.5, 0.6) is 0 Å². The van der Waals surface area contributed by atoms with Crippen molar-refractivity contribution in [1.82, 2.24) is 4.98 Å². The van der Waals surface area contributed by atoms with Gasteiger partial charge in [0.2, 0.25) is 0 Å². The Labute approximate surface area is 114 Å². The molecule has 17 heavy (non-hydrogen) atoms. The summed E-state index contributed by atoms with van der Waals surface area (Å²) in [5.74, 6) is 0. The Morgan fingerprint density at radius 1 is 1.18 bits per heavy atom. The van der Waals surface area contributed by atoms with Gasteiger partial charge in [0.05, 0.1) is 10.2 Å². The van der Waals surface area contributed by atoms with E-state index < -0.39 is 0 Å². The van der Waals surface area contributed by atoms with Gasteiger partial charge in [0, 0.05) is 24.0 Å². The van der Waals surface area contributed by atoms with E-state index in [0.29, 0.717) is 0 Å². The normalized spacial score (nSPS) is 10.2. The number of aromatic nitrogens is 1. The highest BCUT2D eigenvalue weighted by atomic mass is 79.9. The van der Waals surface area contributed by atoms with Crippen molar-refractivity contribution in [2.24, 2.45) is 0 Å². The molecule has 0 unspecified atom stereocenters. The maximum atomic E-state index is 5.83. The molecule has 2 nitrogen and oxygen atoms in total. The Bertz CT molecular complexity index is 485. The van der Waals surface area contributed by atoms with E-state index >= 15 is 0 Å². The van der Waals surface area contributed by atoms with E-state index in [-0.39, 0.29) is 0 Å². The summed E-state index contributed by atoms with van der Waals surface area (Å²) in [5, 5.41) is 4.13. The fourth-order valence-electron chi connectivity index (χ4n) is 1.51. The summed E-state index contributed by atoms with van der Waals surface area (Å²) < 4.78 is 0.983. The van der Waals surface area contributed by atoms with Gasteiger partial charge in [-0.25, -0.2) is 0 Å². The Balaban J connectivity index is 1.88. The van der Waals surface area contributed by atoms with E-state index in [1.165, 1.54) is 5.56 Å². The zero-order chi connectivity index (χ0) is 12.1. The van der Waals surface area contributed by atoms with E-state index in [9.17, 15) is 0 Å². The number of halogens is 2. The predicted octanol–water partition coefficient (Wildman–Crippen LogP) is 4.15. The molecule has 0 aliphatic rings. The van der Waals surface area contributed by atoms with Crippen molar-refractivity contribution in [2.75, 3.05) is 11.9 Å². The molecule has 1 aromatic heterocycles. The molecule has 0 spiro atoms. The Morgan fingerprint density at radius 3 is 2.65 bits per heavy atom. The Hall–Kier alpha value is -1.06. The van der Waals surface area contributed by atoms with Crippen LogP contribution in [0, 0.1) is 0 Å². The highest BCUT2D eigenvalue weighted by Gasteiger charge is 1.98. The third-order valence-corrected chi connectivity index (χ3v) is 3.30. The SMILES string of the molecule is Clc1ccc(CCNc2ccncc2Br)cc1. The van der Waals surface area contributed by atoms with Crippen molar-refractivity contribution in [3.63, 3.8) is 0 Å². The van der Waals surface area contributed by atoms with Crippen LogP contribution in [0.3, 0.4) is 0 Å². The molecule has 1 N–H and O–H groups in total. The maximum absolute atomic E-state index is 5.83. The topological polar surface area (TPSA) is 24.9 Å². The maximum Gasteiger partial charge on any atom is 0.0590 e. The van der Waals surface area contributed by atoms with Crippen molar-refractivity contribution < 1.29 is 0 Å². The smallest absolute Gasteiger partial charge is 0.0590 e. The molecule has 4 heteroatoms. The Kier molecular flexibility index (Phi) is 4.40. The van der Waals surface area contributed by atoms with Crippen LogP contribution in [0.15, 0.2) is 47.2 Å². The number of pyridine rings is 1. The highest BCUT2D eigenvalue weighted by molar-refractivity contribution is 9.10. The number of nitrogens with zero attached hydrogens (tertiary/aromatic N) is 1. The van der Waals surface area contributed by atoms with Crippen LogP contribution in [0.4, 0.5) is 5.69 Å². The van der Waals surface area contributed by atoms with Crippen LogP contribution >= 0.6 is 27.5 Å². The summed E-state index contributed by atoms with van der Waals surface area (Å²) >= 11 is 9.28. The molecule has 1 heterocycles. The van der Waals surface area contributed by atoms with Gasteiger partial charge in [0.15, 0.2) is 0 Å². The molecule has 2 aromatic rings. The molecule has 0 atom stereocenters. The Morgan fingerprint density at radius 2 is 1.94 bits per heavy atom. The van der Waals surface area contributed by atoms with Crippen molar-refractivity contribution >= 4 is 33.2 Å². The van der Waals surface area contributed by atoms with E-state index in [4.69, 9.17) is 11.6 Å². The summed E-state index contributed by atoms with van der Waals surface area (Å²) in [7, 11) is 0. The van der Waals surface area contributed by atoms with Crippen LogP contribution in [0.25, 0.3) is 0 Å². The van der Waals surface area contributed by atoms with Crippen LogP contribution in [0.2, 0.25) is 5.02 Å². The van der Waals surface area contributed by atoms with Crippen LogP contribution < -0.4 is 5.32 Å². The summed E-state index contributed by atoms with van der Waals surface area (Å²) in [6, 6.07) is 9.88. The first-order valence-electron chi connectivity index (χ1n) is 5.33. The average Bonchev–Trinajstić information content (AvgIpc) is 2.34. The second-order valence-corrected chi connectivity index (χ2v) is 4.95. The van der Waals surface area contributed by atoms with Crippen LogP contribution in [-0.2, 0) is 6.42 Å². The van der Waals surface area contributed by atoms with E-state index in [2.05, 4.69) is 26.2 Å². The van der Waals surface area contributed by atoms with Gasteiger partial charge in [0.1, 0.15) is 0 Å². The van der Waals surface area contributed by atoms with Crippen molar-refractivity contribution in [3.8, 4) is 0 Å². The monoisotopic (exact) mass is 310 g/mol. The third kappa shape index (κ3) is 3.72. The molecule has 0 saturated carbocycles. The first kappa shape index (κ1) is 12.4. The van der Waals surface area contributed by atoms with Crippen molar-refractivity contribution in [3.05, 3.63) is 57.8 Å². The number of anilines is 1. The number of hydrogen-bond acceptors (Lipinski definition) is 2. The average molecular weight is 312 g/mol. The minimum Gasteiger partial charge on any atom is -0.384 e.